The van der Waals surface area contributed by atoms with Gasteiger partial charge in [-0.3, -0.25) is 0 Å². The lowest BCUT2D eigenvalue weighted by molar-refractivity contribution is 0.177. The first kappa shape index (κ1) is 16.8. The molecule has 1 aliphatic heterocycles. The van der Waals surface area contributed by atoms with Gasteiger partial charge in [-0.1, -0.05) is 5.16 Å². The largest absolute Gasteiger partial charge is 0.361 e. The molecule has 0 saturated carbocycles. The summed E-state index contributed by atoms with van der Waals surface area (Å²) < 4.78 is 30.2. The maximum Gasteiger partial charge on any atom is 0.317 e. The van der Waals surface area contributed by atoms with Gasteiger partial charge in [0.1, 0.15) is 5.76 Å². The fourth-order valence-corrected chi connectivity index (χ4v) is 3.39. The molecular weight excluding hydrogens is 308 g/mol. The Morgan fingerprint density at radius 2 is 2.18 bits per heavy atom. The molecule has 1 atom stereocenters. The summed E-state index contributed by atoms with van der Waals surface area (Å²) in [5, 5.41) is 6.67. The maximum atomic E-state index is 12.2. The zero-order chi connectivity index (χ0) is 16.3. The second-order valence-corrected chi connectivity index (χ2v) is 7.42. The van der Waals surface area contributed by atoms with Crippen LogP contribution in [0.1, 0.15) is 29.9 Å². The number of nitrogens with one attached hydrogen (secondary N) is 2. The number of aromatic nitrogens is 1. The van der Waals surface area contributed by atoms with Crippen LogP contribution in [0.5, 0.6) is 0 Å². The Labute approximate surface area is 130 Å². The Morgan fingerprint density at radius 1 is 1.45 bits per heavy atom. The van der Waals surface area contributed by atoms with Gasteiger partial charge >= 0.3 is 6.03 Å². The lowest BCUT2D eigenvalue weighted by Crippen LogP contribution is -2.51. The first-order chi connectivity index (χ1) is 10.3. The van der Waals surface area contributed by atoms with Crippen LogP contribution in [0.2, 0.25) is 0 Å². The molecule has 1 aliphatic rings. The molecule has 0 radical (unpaired) electrons. The summed E-state index contributed by atoms with van der Waals surface area (Å²) in [5.41, 5.74) is 1.63. The zero-order valence-corrected chi connectivity index (χ0v) is 13.9. The Hall–Kier alpha value is -1.61. The molecule has 1 aromatic heterocycles. The molecule has 1 saturated heterocycles. The number of urea groups is 1. The first-order valence-corrected chi connectivity index (χ1v) is 9.07. The molecule has 0 unspecified atom stereocenters. The van der Waals surface area contributed by atoms with Crippen molar-refractivity contribution >= 4 is 16.1 Å². The average molecular weight is 330 g/mol. The number of piperidine rings is 1. The van der Waals surface area contributed by atoms with Gasteiger partial charge in [-0.25, -0.2) is 17.9 Å². The van der Waals surface area contributed by atoms with Crippen LogP contribution in [-0.4, -0.2) is 49.9 Å². The third-order valence-electron chi connectivity index (χ3n) is 3.69. The summed E-state index contributed by atoms with van der Waals surface area (Å²) in [6, 6.07) is -0.437. The van der Waals surface area contributed by atoms with Crippen LogP contribution >= 0.6 is 0 Å². The molecule has 2 rings (SSSR count). The monoisotopic (exact) mass is 330 g/mol. The molecule has 2 N–H and O–H groups in total. The summed E-state index contributed by atoms with van der Waals surface area (Å²) in [7, 11) is -3.26. The van der Waals surface area contributed by atoms with Gasteiger partial charge in [0.05, 0.1) is 11.9 Å². The Morgan fingerprint density at radius 3 is 2.77 bits per heavy atom. The normalized spacial score (nSPS) is 19.2. The highest BCUT2D eigenvalue weighted by Crippen LogP contribution is 2.13. The topological polar surface area (TPSA) is 105 Å². The molecule has 124 valence electrons. The van der Waals surface area contributed by atoms with Gasteiger partial charge < -0.3 is 14.7 Å². The van der Waals surface area contributed by atoms with Gasteiger partial charge in [0.15, 0.2) is 0 Å². The van der Waals surface area contributed by atoms with E-state index in [0.717, 1.165) is 30.4 Å². The highest BCUT2D eigenvalue weighted by Gasteiger charge is 2.25. The number of rotatable bonds is 4. The number of carbonyl (C=O) groups excluding carboxylic acids is 1. The van der Waals surface area contributed by atoms with Gasteiger partial charge in [-0.2, -0.15) is 0 Å². The van der Waals surface area contributed by atoms with E-state index in [9.17, 15) is 13.2 Å². The minimum absolute atomic E-state index is 0.208. The number of nitrogens with zero attached hydrogens (tertiary/aromatic N) is 2. The highest BCUT2D eigenvalue weighted by molar-refractivity contribution is 7.88. The van der Waals surface area contributed by atoms with Crippen LogP contribution in [0.4, 0.5) is 4.79 Å². The van der Waals surface area contributed by atoms with E-state index in [2.05, 4.69) is 15.2 Å². The number of aryl methyl sites for hydroxylation is 2. The molecule has 22 heavy (non-hydrogen) atoms. The number of carbonyl (C=O) groups is 1. The molecule has 2 amide bonds. The van der Waals surface area contributed by atoms with Crippen molar-refractivity contribution in [3.8, 4) is 0 Å². The van der Waals surface area contributed by atoms with Crippen LogP contribution in [0.25, 0.3) is 0 Å². The SMILES string of the molecule is Cc1noc(C)c1CNC(=O)N1CCC[C@@H](NS(C)(=O)=O)C1. The molecule has 1 fully saturated rings. The first-order valence-electron chi connectivity index (χ1n) is 7.18. The van der Waals surface area contributed by atoms with Crippen LogP contribution in [0.15, 0.2) is 4.52 Å². The Bertz CT molecular complexity index is 621. The standard InChI is InChI=1S/C13H22N4O4S/c1-9-12(10(2)21-15-9)7-14-13(18)17-6-4-5-11(8-17)16-22(3,19)20/h11,16H,4-8H2,1-3H3,(H,14,18)/t11-/m1/s1. The van der Waals surface area contributed by atoms with Crippen molar-refractivity contribution < 1.29 is 17.7 Å². The van der Waals surface area contributed by atoms with Crippen LogP contribution in [0.3, 0.4) is 0 Å². The number of amides is 2. The predicted octanol–water partition coefficient (Wildman–Crippen LogP) is 0.515. The van der Waals surface area contributed by atoms with Gasteiger partial charge in [0, 0.05) is 31.2 Å². The number of sulfonamides is 1. The number of hydrogen-bond donors (Lipinski definition) is 2. The second-order valence-electron chi connectivity index (χ2n) is 5.64. The van der Waals surface area contributed by atoms with Crippen molar-refractivity contribution in [3.63, 3.8) is 0 Å². The third kappa shape index (κ3) is 4.44. The van der Waals surface area contributed by atoms with E-state index >= 15 is 0 Å². The van der Waals surface area contributed by atoms with E-state index < -0.39 is 10.0 Å². The van der Waals surface area contributed by atoms with Gasteiger partial charge in [-0.05, 0) is 26.7 Å². The molecule has 8 nitrogen and oxygen atoms in total. The van der Waals surface area contributed by atoms with E-state index in [4.69, 9.17) is 4.52 Å². The summed E-state index contributed by atoms with van der Waals surface area (Å²) in [4.78, 5) is 13.8. The average Bonchev–Trinajstić information content (AvgIpc) is 2.74. The van der Waals surface area contributed by atoms with Crippen molar-refractivity contribution in [3.05, 3.63) is 17.0 Å². The smallest absolute Gasteiger partial charge is 0.317 e. The second kappa shape index (κ2) is 6.66. The lowest BCUT2D eigenvalue weighted by atomic mass is 10.1. The van der Waals surface area contributed by atoms with E-state index in [1.165, 1.54) is 0 Å². The maximum absolute atomic E-state index is 12.2. The Kier molecular flexibility index (Phi) is 5.07. The minimum atomic E-state index is -3.26. The summed E-state index contributed by atoms with van der Waals surface area (Å²) in [6.45, 7) is 4.97. The molecule has 2 heterocycles. The summed E-state index contributed by atoms with van der Waals surface area (Å²) >= 11 is 0. The van der Waals surface area contributed by atoms with E-state index in [1.807, 2.05) is 6.92 Å². The molecule has 9 heteroatoms. The summed E-state index contributed by atoms with van der Waals surface area (Å²) in [5.74, 6) is 0.688. The van der Waals surface area contributed by atoms with E-state index in [1.54, 1.807) is 11.8 Å². The van der Waals surface area contributed by atoms with Crippen LogP contribution in [0, 0.1) is 13.8 Å². The van der Waals surface area contributed by atoms with Crippen molar-refractivity contribution in [2.75, 3.05) is 19.3 Å². The lowest BCUT2D eigenvalue weighted by Gasteiger charge is -2.32. The van der Waals surface area contributed by atoms with Crippen LogP contribution in [-0.2, 0) is 16.6 Å². The summed E-state index contributed by atoms with van der Waals surface area (Å²) in [6.07, 6.45) is 2.64. The number of likely N-dealkylation sites (tertiary alicyclic amines) is 1. The minimum Gasteiger partial charge on any atom is -0.361 e. The Balaban J connectivity index is 1.89. The van der Waals surface area contributed by atoms with Gasteiger partial charge in [0.25, 0.3) is 0 Å². The number of hydrogen-bond acceptors (Lipinski definition) is 5. The van der Waals surface area contributed by atoms with E-state index in [-0.39, 0.29) is 12.1 Å². The highest BCUT2D eigenvalue weighted by atomic mass is 32.2. The third-order valence-corrected chi connectivity index (χ3v) is 4.45. The van der Waals surface area contributed by atoms with Crippen molar-refractivity contribution in [1.82, 2.24) is 20.1 Å². The molecule has 0 spiro atoms. The zero-order valence-electron chi connectivity index (χ0n) is 13.0. The molecule has 0 aliphatic carbocycles. The van der Waals surface area contributed by atoms with Crippen molar-refractivity contribution in [1.29, 1.82) is 0 Å². The molecule has 0 bridgehead atoms. The van der Waals surface area contributed by atoms with Crippen LogP contribution < -0.4 is 10.0 Å². The van der Waals surface area contributed by atoms with Gasteiger partial charge in [0.2, 0.25) is 10.0 Å². The molecule has 0 aromatic carbocycles. The fraction of sp³-hybridized carbons (Fsp3) is 0.692. The predicted molar refractivity (Wildman–Crippen MR) is 80.8 cm³/mol. The van der Waals surface area contributed by atoms with Crippen molar-refractivity contribution in [2.45, 2.75) is 39.3 Å². The van der Waals surface area contributed by atoms with E-state index in [0.29, 0.717) is 25.4 Å². The molecular formula is C13H22N4O4S. The quantitative estimate of drug-likeness (QED) is 0.837. The van der Waals surface area contributed by atoms with Crippen molar-refractivity contribution in [2.24, 2.45) is 0 Å². The fourth-order valence-electron chi connectivity index (χ4n) is 2.59. The van der Waals surface area contributed by atoms with Gasteiger partial charge in [-0.15, -0.1) is 0 Å². The molecule has 1 aromatic rings.